The minimum absolute atomic E-state index is 0.360. The van der Waals surface area contributed by atoms with Gasteiger partial charge in [0.2, 0.25) is 0 Å². The maximum atomic E-state index is 10.8. The highest BCUT2D eigenvalue weighted by atomic mass is 32.1. The van der Waals surface area contributed by atoms with Gasteiger partial charge in [-0.25, -0.2) is 9.97 Å². The van der Waals surface area contributed by atoms with Gasteiger partial charge in [0.15, 0.2) is 0 Å². The first kappa shape index (κ1) is 14.6. The number of hydrogen-bond donors (Lipinski definition) is 3. The van der Waals surface area contributed by atoms with E-state index in [-0.39, 0.29) is 0 Å². The van der Waals surface area contributed by atoms with Gasteiger partial charge in [-0.15, -0.1) is 11.3 Å². The molecule has 0 aromatic carbocycles. The van der Waals surface area contributed by atoms with E-state index in [1.165, 1.54) is 17.7 Å². The fourth-order valence-electron chi connectivity index (χ4n) is 3.67. The third kappa shape index (κ3) is 1.54. The highest BCUT2D eigenvalue weighted by molar-refractivity contribution is 7.17. The van der Waals surface area contributed by atoms with E-state index < -0.39 is 29.5 Å². The Kier molecular flexibility index (Phi) is 2.88. The van der Waals surface area contributed by atoms with Crippen LogP contribution in [0.15, 0.2) is 16.8 Å². The van der Waals surface area contributed by atoms with Crippen LogP contribution in [-0.2, 0) is 4.74 Å². The molecule has 2 aromatic heterocycles. The zero-order valence-electron chi connectivity index (χ0n) is 12.1. The van der Waals surface area contributed by atoms with Gasteiger partial charge in [0.25, 0.3) is 0 Å². The lowest BCUT2D eigenvalue weighted by Crippen LogP contribution is -2.33. The molecule has 120 valence electrons. The Morgan fingerprint density at radius 1 is 1.57 bits per heavy atom. The van der Waals surface area contributed by atoms with Crippen LogP contribution >= 0.6 is 11.3 Å². The van der Waals surface area contributed by atoms with Gasteiger partial charge in [-0.05, 0) is 17.3 Å². The second-order valence-electron chi connectivity index (χ2n) is 5.79. The molecule has 1 saturated heterocycles. The van der Waals surface area contributed by atoms with Crippen molar-refractivity contribution in [2.75, 3.05) is 5.73 Å². The molecule has 2 unspecified atom stereocenters. The number of ether oxygens (including phenoxy) is 1. The molecule has 3 heterocycles. The lowest BCUT2D eigenvalue weighted by molar-refractivity contribution is -0.0392. The van der Waals surface area contributed by atoms with E-state index >= 15 is 0 Å². The van der Waals surface area contributed by atoms with E-state index in [2.05, 4.69) is 20.0 Å². The van der Waals surface area contributed by atoms with Gasteiger partial charge in [0.05, 0.1) is 16.3 Å². The Balaban J connectivity index is 1.85. The predicted molar refractivity (Wildman–Crippen MR) is 82.6 cm³/mol. The molecule has 4 rings (SSSR count). The standard InChI is InChI=1S/C13H14N6O3S/c1-2-12-11(20)13(12,21)9(18-19-15)7(22-12)5-3-23-8-6(5)16-4-17-10(8)14/h3-4,7,9,11,20-21H,2H2,1H3,(H2,14,16,17)/t7-,9?,11?,12+,13+/m0/s1. The number of nitrogens with two attached hydrogens (primary N) is 1. The molecule has 1 saturated carbocycles. The molecular formula is C13H14N6O3S. The Hall–Kier alpha value is -1.97. The molecular weight excluding hydrogens is 320 g/mol. The summed E-state index contributed by atoms with van der Waals surface area (Å²) in [7, 11) is 0. The Morgan fingerprint density at radius 2 is 2.35 bits per heavy atom. The van der Waals surface area contributed by atoms with Crippen LogP contribution in [0.1, 0.15) is 25.0 Å². The molecule has 1 aliphatic heterocycles. The van der Waals surface area contributed by atoms with Crippen LogP contribution in [0.25, 0.3) is 20.7 Å². The summed E-state index contributed by atoms with van der Waals surface area (Å²) >= 11 is 1.36. The number of thiophene rings is 1. The van der Waals surface area contributed by atoms with Gasteiger partial charge in [0, 0.05) is 10.5 Å². The third-order valence-electron chi connectivity index (χ3n) is 4.94. The summed E-state index contributed by atoms with van der Waals surface area (Å²) in [6.07, 6.45) is -0.0121. The third-order valence-corrected chi connectivity index (χ3v) is 5.95. The highest BCUT2D eigenvalue weighted by Gasteiger charge is 2.85. The number of azide groups is 1. The minimum atomic E-state index is -1.58. The molecule has 0 amide bonds. The molecule has 23 heavy (non-hydrogen) atoms. The molecule has 0 spiro atoms. The molecule has 0 bridgehead atoms. The smallest absolute Gasteiger partial charge is 0.144 e. The maximum absolute atomic E-state index is 10.8. The predicted octanol–water partition coefficient (Wildman–Crippen LogP) is 1.28. The van der Waals surface area contributed by atoms with Gasteiger partial charge in [-0.3, -0.25) is 0 Å². The first-order chi connectivity index (χ1) is 11.0. The normalized spacial score (nSPS) is 38.3. The van der Waals surface area contributed by atoms with E-state index in [4.69, 9.17) is 16.0 Å². The van der Waals surface area contributed by atoms with Crippen molar-refractivity contribution in [1.29, 1.82) is 0 Å². The van der Waals surface area contributed by atoms with Gasteiger partial charge in [-0.2, -0.15) is 0 Å². The number of aromatic nitrogens is 2. The zero-order valence-corrected chi connectivity index (χ0v) is 12.9. The van der Waals surface area contributed by atoms with Crippen LogP contribution < -0.4 is 5.73 Å². The average Bonchev–Trinajstić information content (AvgIpc) is 2.89. The second kappa shape index (κ2) is 4.53. The summed E-state index contributed by atoms with van der Waals surface area (Å²) in [4.78, 5) is 11.0. The molecule has 4 N–H and O–H groups in total. The number of rotatable bonds is 3. The van der Waals surface area contributed by atoms with Crippen LogP contribution in [0.4, 0.5) is 5.82 Å². The van der Waals surface area contributed by atoms with E-state index in [0.717, 1.165) is 0 Å². The van der Waals surface area contributed by atoms with Crippen molar-refractivity contribution in [3.8, 4) is 0 Å². The van der Waals surface area contributed by atoms with Crippen molar-refractivity contribution in [2.45, 2.75) is 42.8 Å². The van der Waals surface area contributed by atoms with Crippen LogP contribution in [-0.4, -0.2) is 43.5 Å². The molecule has 1 aliphatic carbocycles. The van der Waals surface area contributed by atoms with Crippen molar-refractivity contribution in [1.82, 2.24) is 9.97 Å². The average molecular weight is 334 g/mol. The van der Waals surface area contributed by atoms with Gasteiger partial charge < -0.3 is 20.7 Å². The summed E-state index contributed by atoms with van der Waals surface area (Å²) in [5, 5.41) is 26.4. The molecule has 2 aromatic rings. The number of fused-ring (bicyclic) bond motifs is 2. The van der Waals surface area contributed by atoms with Gasteiger partial charge >= 0.3 is 0 Å². The van der Waals surface area contributed by atoms with E-state index in [9.17, 15) is 10.2 Å². The first-order valence-corrected chi connectivity index (χ1v) is 7.99. The van der Waals surface area contributed by atoms with Crippen molar-refractivity contribution in [3.05, 3.63) is 27.7 Å². The summed E-state index contributed by atoms with van der Waals surface area (Å²) in [5.41, 5.74) is 13.3. The monoisotopic (exact) mass is 334 g/mol. The van der Waals surface area contributed by atoms with E-state index in [1.54, 1.807) is 0 Å². The molecule has 9 nitrogen and oxygen atoms in total. The van der Waals surface area contributed by atoms with E-state index in [1.807, 2.05) is 12.3 Å². The molecule has 10 heteroatoms. The Morgan fingerprint density at radius 3 is 3.04 bits per heavy atom. The van der Waals surface area contributed by atoms with E-state index in [0.29, 0.717) is 28.0 Å². The molecule has 2 fully saturated rings. The summed E-state index contributed by atoms with van der Waals surface area (Å²) in [5.74, 6) is 0.360. The highest BCUT2D eigenvalue weighted by Crippen LogP contribution is 2.66. The molecule has 0 radical (unpaired) electrons. The number of anilines is 1. The van der Waals surface area contributed by atoms with Crippen LogP contribution in [0.2, 0.25) is 0 Å². The van der Waals surface area contributed by atoms with Crippen molar-refractivity contribution < 1.29 is 14.9 Å². The lowest BCUT2D eigenvalue weighted by Gasteiger charge is -2.21. The number of nitrogen functional groups attached to an aromatic ring is 1. The largest absolute Gasteiger partial charge is 0.387 e. The fraction of sp³-hybridized carbons (Fsp3) is 0.538. The van der Waals surface area contributed by atoms with Crippen molar-refractivity contribution >= 4 is 27.4 Å². The first-order valence-electron chi connectivity index (χ1n) is 7.11. The fourth-order valence-corrected chi connectivity index (χ4v) is 4.62. The summed E-state index contributed by atoms with van der Waals surface area (Å²) < 4.78 is 6.70. The molecule has 2 aliphatic rings. The maximum Gasteiger partial charge on any atom is 0.144 e. The second-order valence-corrected chi connectivity index (χ2v) is 6.67. The van der Waals surface area contributed by atoms with Crippen LogP contribution in [0, 0.1) is 0 Å². The summed E-state index contributed by atoms with van der Waals surface area (Å²) in [6.45, 7) is 1.81. The lowest BCUT2D eigenvalue weighted by atomic mass is 9.98. The van der Waals surface area contributed by atoms with Crippen molar-refractivity contribution in [3.63, 3.8) is 0 Å². The van der Waals surface area contributed by atoms with Crippen LogP contribution in [0.3, 0.4) is 0 Å². The number of aliphatic hydroxyl groups is 2. The number of nitrogens with zero attached hydrogens (tertiary/aromatic N) is 5. The topological polar surface area (TPSA) is 150 Å². The van der Waals surface area contributed by atoms with Gasteiger partial charge in [-0.1, -0.05) is 12.0 Å². The quantitative estimate of drug-likeness (QED) is 0.437. The zero-order chi connectivity index (χ0) is 16.4. The molecule has 5 atom stereocenters. The van der Waals surface area contributed by atoms with Crippen molar-refractivity contribution in [2.24, 2.45) is 5.11 Å². The SMILES string of the molecule is CC[C@]12O[C@@H](c3csc4c(N)ncnc34)C(N=[N+]=[N-])[C@@]1(O)C2O. The number of aliphatic hydroxyl groups excluding tert-OH is 1. The number of hydrogen-bond acceptors (Lipinski definition) is 8. The Labute approximate surface area is 134 Å². The van der Waals surface area contributed by atoms with Gasteiger partial charge in [0.1, 0.15) is 35.5 Å². The summed E-state index contributed by atoms with van der Waals surface area (Å²) in [6, 6.07) is -0.934. The Bertz CT molecular complexity index is 851. The van der Waals surface area contributed by atoms with Crippen LogP contribution in [0.5, 0.6) is 0 Å². The minimum Gasteiger partial charge on any atom is -0.387 e.